The first-order valence-corrected chi connectivity index (χ1v) is 9.41. The third-order valence-electron chi connectivity index (χ3n) is 4.85. The van der Waals surface area contributed by atoms with Crippen LogP contribution < -0.4 is 10.6 Å². The van der Waals surface area contributed by atoms with Crippen molar-refractivity contribution in [2.75, 3.05) is 57.3 Å². The molecule has 1 aliphatic rings. The van der Waals surface area contributed by atoms with Crippen LogP contribution in [0.25, 0.3) is 0 Å². The lowest BCUT2D eigenvalue weighted by molar-refractivity contribution is 0.297. The molecule has 0 unspecified atom stereocenters. The molecule has 0 aliphatic carbocycles. The molecule has 1 fully saturated rings. The standard InChI is InChI=1S/C19H32FN5/c1-3-23(4-2)12-6-5-11-22-19(21)25-15-13-24(14-16-25)18-9-7-17(20)8-10-18/h7-10H,3-6,11-16H2,1-2H3,(H2,21,22). The van der Waals surface area contributed by atoms with Crippen LogP contribution in [-0.2, 0) is 0 Å². The second kappa shape index (κ2) is 10.2. The summed E-state index contributed by atoms with van der Waals surface area (Å²) in [6, 6.07) is 6.68. The van der Waals surface area contributed by atoms with Crippen LogP contribution in [0, 0.1) is 5.82 Å². The smallest absolute Gasteiger partial charge is 0.191 e. The van der Waals surface area contributed by atoms with E-state index >= 15 is 0 Å². The summed E-state index contributed by atoms with van der Waals surface area (Å²) in [6.07, 6.45) is 2.24. The number of hydrogen-bond donors (Lipinski definition) is 1. The fourth-order valence-electron chi connectivity index (χ4n) is 3.13. The number of nitrogens with two attached hydrogens (primary N) is 1. The lowest BCUT2D eigenvalue weighted by atomic mass is 10.2. The van der Waals surface area contributed by atoms with Gasteiger partial charge in [0.15, 0.2) is 5.96 Å². The molecule has 1 heterocycles. The fourth-order valence-corrected chi connectivity index (χ4v) is 3.13. The zero-order chi connectivity index (χ0) is 18.1. The topological polar surface area (TPSA) is 48.1 Å². The van der Waals surface area contributed by atoms with Crippen molar-refractivity contribution in [1.29, 1.82) is 0 Å². The molecule has 0 aromatic heterocycles. The van der Waals surface area contributed by atoms with Gasteiger partial charge in [-0.25, -0.2) is 4.39 Å². The first-order chi connectivity index (χ1) is 12.1. The molecule has 1 saturated heterocycles. The fraction of sp³-hybridized carbons (Fsp3) is 0.632. The Morgan fingerprint density at radius 1 is 1.08 bits per heavy atom. The highest BCUT2D eigenvalue weighted by atomic mass is 19.1. The van der Waals surface area contributed by atoms with Gasteiger partial charge in [-0.1, -0.05) is 13.8 Å². The van der Waals surface area contributed by atoms with Crippen molar-refractivity contribution in [2.24, 2.45) is 10.7 Å². The Hall–Kier alpha value is -1.82. The van der Waals surface area contributed by atoms with Crippen molar-refractivity contribution in [2.45, 2.75) is 26.7 Å². The van der Waals surface area contributed by atoms with E-state index in [4.69, 9.17) is 5.73 Å². The monoisotopic (exact) mass is 349 g/mol. The molecule has 0 radical (unpaired) electrons. The summed E-state index contributed by atoms with van der Waals surface area (Å²) in [6.45, 7) is 12.0. The van der Waals surface area contributed by atoms with Gasteiger partial charge in [-0.2, -0.15) is 0 Å². The summed E-state index contributed by atoms with van der Waals surface area (Å²) >= 11 is 0. The maximum atomic E-state index is 13.0. The summed E-state index contributed by atoms with van der Waals surface area (Å²) in [5, 5.41) is 0. The number of nitrogens with zero attached hydrogens (tertiary/aromatic N) is 4. The Bertz CT molecular complexity index is 519. The van der Waals surface area contributed by atoms with E-state index in [2.05, 4.69) is 33.5 Å². The molecule has 1 aromatic carbocycles. The molecule has 5 nitrogen and oxygen atoms in total. The average Bonchev–Trinajstić information content (AvgIpc) is 2.65. The molecular weight excluding hydrogens is 317 g/mol. The van der Waals surface area contributed by atoms with Crippen molar-refractivity contribution in [3.8, 4) is 0 Å². The van der Waals surface area contributed by atoms with Gasteiger partial charge in [-0.05, 0) is 56.7 Å². The van der Waals surface area contributed by atoms with Gasteiger partial charge in [0.1, 0.15) is 5.82 Å². The van der Waals surface area contributed by atoms with Crippen molar-refractivity contribution < 1.29 is 4.39 Å². The molecule has 0 amide bonds. The van der Waals surface area contributed by atoms with Gasteiger partial charge < -0.3 is 20.4 Å². The molecule has 0 saturated carbocycles. The van der Waals surface area contributed by atoms with Gasteiger partial charge in [0.05, 0.1) is 0 Å². The quantitative estimate of drug-likeness (QED) is 0.445. The number of aliphatic imine (C=N–C) groups is 1. The molecule has 0 spiro atoms. The highest BCUT2D eigenvalue weighted by Crippen LogP contribution is 2.16. The Morgan fingerprint density at radius 2 is 1.72 bits per heavy atom. The summed E-state index contributed by atoms with van der Waals surface area (Å²) < 4.78 is 13.0. The lowest BCUT2D eigenvalue weighted by Gasteiger charge is -2.36. The Labute approximate surface area is 151 Å². The number of anilines is 1. The van der Waals surface area contributed by atoms with Crippen LogP contribution in [0.1, 0.15) is 26.7 Å². The molecule has 1 aliphatic heterocycles. The predicted molar refractivity (Wildman–Crippen MR) is 104 cm³/mol. The maximum absolute atomic E-state index is 13.0. The van der Waals surface area contributed by atoms with Crippen molar-refractivity contribution >= 4 is 11.6 Å². The van der Waals surface area contributed by atoms with E-state index in [1.54, 1.807) is 0 Å². The number of guanidine groups is 1. The first kappa shape index (κ1) is 19.5. The summed E-state index contributed by atoms with van der Waals surface area (Å²) in [5.74, 6) is 0.460. The average molecular weight is 349 g/mol. The van der Waals surface area contributed by atoms with E-state index in [1.165, 1.54) is 12.1 Å². The van der Waals surface area contributed by atoms with Crippen molar-refractivity contribution in [1.82, 2.24) is 9.80 Å². The van der Waals surface area contributed by atoms with Crippen molar-refractivity contribution in [3.63, 3.8) is 0 Å². The number of rotatable bonds is 8. The Morgan fingerprint density at radius 3 is 2.32 bits per heavy atom. The van der Waals surface area contributed by atoms with Crippen LogP contribution >= 0.6 is 0 Å². The highest BCUT2D eigenvalue weighted by molar-refractivity contribution is 5.78. The zero-order valence-corrected chi connectivity index (χ0v) is 15.6. The minimum atomic E-state index is -0.195. The Balaban J connectivity index is 1.69. The third-order valence-corrected chi connectivity index (χ3v) is 4.85. The molecule has 2 rings (SSSR count). The normalized spacial score (nSPS) is 15.9. The lowest BCUT2D eigenvalue weighted by Crippen LogP contribution is -2.51. The largest absolute Gasteiger partial charge is 0.370 e. The van der Waals surface area contributed by atoms with Crippen LogP contribution in [0.15, 0.2) is 29.3 Å². The number of unbranched alkanes of at least 4 members (excludes halogenated alkanes) is 1. The van der Waals surface area contributed by atoms with E-state index < -0.39 is 0 Å². The molecule has 140 valence electrons. The van der Waals surface area contributed by atoms with E-state index in [0.29, 0.717) is 5.96 Å². The highest BCUT2D eigenvalue weighted by Gasteiger charge is 2.18. The number of halogens is 1. The zero-order valence-electron chi connectivity index (χ0n) is 15.6. The molecule has 0 bridgehead atoms. The minimum absolute atomic E-state index is 0.195. The predicted octanol–water partition coefficient (Wildman–Crippen LogP) is 2.38. The van der Waals surface area contributed by atoms with Gasteiger partial charge in [0, 0.05) is 38.4 Å². The van der Waals surface area contributed by atoms with Gasteiger partial charge in [0.25, 0.3) is 0 Å². The number of piperazine rings is 1. The van der Waals surface area contributed by atoms with Gasteiger partial charge in [-0.15, -0.1) is 0 Å². The summed E-state index contributed by atoms with van der Waals surface area (Å²) in [5.41, 5.74) is 7.21. The Kier molecular flexibility index (Phi) is 7.98. The molecular formula is C19H32FN5. The van der Waals surface area contributed by atoms with Crippen LogP contribution in [0.2, 0.25) is 0 Å². The van der Waals surface area contributed by atoms with Crippen LogP contribution in [0.4, 0.5) is 10.1 Å². The summed E-state index contributed by atoms with van der Waals surface area (Å²) in [4.78, 5) is 11.4. The summed E-state index contributed by atoms with van der Waals surface area (Å²) in [7, 11) is 0. The van der Waals surface area contributed by atoms with Crippen LogP contribution in [0.3, 0.4) is 0 Å². The second-order valence-corrected chi connectivity index (χ2v) is 6.42. The molecule has 2 N–H and O–H groups in total. The SMILES string of the molecule is CCN(CC)CCCCN=C(N)N1CCN(c2ccc(F)cc2)CC1. The van der Waals surface area contributed by atoms with E-state index in [-0.39, 0.29) is 5.82 Å². The van der Waals surface area contributed by atoms with Crippen LogP contribution in [0.5, 0.6) is 0 Å². The molecule has 0 atom stereocenters. The first-order valence-electron chi connectivity index (χ1n) is 9.41. The maximum Gasteiger partial charge on any atom is 0.191 e. The van der Waals surface area contributed by atoms with Crippen molar-refractivity contribution in [3.05, 3.63) is 30.1 Å². The molecule has 25 heavy (non-hydrogen) atoms. The number of benzene rings is 1. The van der Waals surface area contributed by atoms with E-state index in [9.17, 15) is 4.39 Å². The van der Waals surface area contributed by atoms with Gasteiger partial charge in [-0.3, -0.25) is 4.99 Å². The van der Waals surface area contributed by atoms with Gasteiger partial charge >= 0.3 is 0 Å². The van der Waals surface area contributed by atoms with E-state index in [1.807, 2.05) is 12.1 Å². The second-order valence-electron chi connectivity index (χ2n) is 6.42. The van der Waals surface area contributed by atoms with Gasteiger partial charge in [0.2, 0.25) is 0 Å². The molecule has 6 heteroatoms. The van der Waals surface area contributed by atoms with Crippen LogP contribution in [-0.4, -0.2) is 68.1 Å². The third kappa shape index (κ3) is 6.20. The van der Waals surface area contributed by atoms with E-state index in [0.717, 1.165) is 70.9 Å². The molecule has 1 aromatic rings. The number of hydrogen-bond acceptors (Lipinski definition) is 3. The minimum Gasteiger partial charge on any atom is -0.370 e.